The molecule has 44 heavy (non-hydrogen) atoms. The maximum Gasteiger partial charge on any atom is 0.312 e. The molecule has 0 bridgehead atoms. The van der Waals surface area contributed by atoms with Gasteiger partial charge in [-0.3, -0.25) is 9.59 Å². The number of Topliss-reactive ketones (excluding diaryl/α,β-unsaturated/α-hetero) is 1. The Morgan fingerprint density at radius 3 is 2.59 bits per heavy atom. The third kappa shape index (κ3) is 4.92. The van der Waals surface area contributed by atoms with Crippen LogP contribution < -0.4 is 28.4 Å². The maximum absolute atomic E-state index is 13.6. The van der Waals surface area contributed by atoms with Crippen molar-refractivity contribution in [2.45, 2.75) is 25.2 Å². The summed E-state index contributed by atoms with van der Waals surface area (Å²) in [5.74, 6) is 2.47. The topological polar surface area (TPSA) is 89.5 Å². The molecule has 3 aliphatic heterocycles. The van der Waals surface area contributed by atoms with Crippen LogP contribution in [0.4, 0.5) is 0 Å². The van der Waals surface area contributed by atoms with Gasteiger partial charge in [0, 0.05) is 35.4 Å². The molecular weight excluding hydrogens is 560 g/mol. The molecule has 0 saturated heterocycles. The molecule has 0 spiro atoms. The molecule has 0 aromatic heterocycles. The van der Waals surface area contributed by atoms with E-state index in [-0.39, 0.29) is 23.9 Å². The number of carbonyl (C=O) groups is 2. The number of methoxy groups -OCH3 is 2. The first-order valence-electron chi connectivity index (χ1n) is 14.5. The number of ether oxygens (including phenoxy) is 6. The summed E-state index contributed by atoms with van der Waals surface area (Å²) in [6, 6.07) is 22.6. The van der Waals surface area contributed by atoms with E-state index in [0.717, 1.165) is 30.8 Å². The minimum atomic E-state index is -0.437. The molecule has 0 amide bonds. The molecule has 8 nitrogen and oxygen atoms in total. The summed E-state index contributed by atoms with van der Waals surface area (Å²) in [7, 11) is 3.10. The van der Waals surface area contributed by atoms with Gasteiger partial charge in [0.05, 0.1) is 39.4 Å². The van der Waals surface area contributed by atoms with E-state index in [1.807, 2.05) is 42.5 Å². The summed E-state index contributed by atoms with van der Waals surface area (Å²) in [6.45, 7) is 1.18. The van der Waals surface area contributed by atoms with Gasteiger partial charge in [-0.1, -0.05) is 42.5 Å². The van der Waals surface area contributed by atoms with Crippen molar-refractivity contribution in [2.24, 2.45) is 0 Å². The molecule has 1 unspecified atom stereocenters. The number of hydrogen-bond acceptors (Lipinski definition) is 8. The lowest BCUT2D eigenvalue weighted by Gasteiger charge is -2.27. The first kappa shape index (κ1) is 27.6. The Bertz CT molecular complexity index is 1820. The van der Waals surface area contributed by atoms with Crippen LogP contribution in [0.2, 0.25) is 0 Å². The molecule has 0 radical (unpaired) electrons. The second kappa shape index (κ2) is 11.4. The van der Waals surface area contributed by atoms with Crippen molar-refractivity contribution in [3.05, 3.63) is 112 Å². The monoisotopic (exact) mass is 590 g/mol. The van der Waals surface area contributed by atoms with Crippen molar-refractivity contribution in [1.29, 1.82) is 0 Å². The van der Waals surface area contributed by atoms with Crippen molar-refractivity contribution < 1.29 is 38.0 Å². The average molecular weight is 591 g/mol. The predicted octanol–water partition coefficient (Wildman–Crippen LogP) is 6.32. The zero-order chi connectivity index (χ0) is 30.2. The highest BCUT2D eigenvalue weighted by atomic mass is 16.5. The summed E-state index contributed by atoms with van der Waals surface area (Å²) in [4.78, 5) is 26.4. The van der Waals surface area contributed by atoms with Crippen molar-refractivity contribution in [3.63, 3.8) is 0 Å². The van der Waals surface area contributed by atoms with E-state index in [1.165, 1.54) is 11.1 Å². The van der Waals surface area contributed by atoms with Gasteiger partial charge in [-0.2, -0.15) is 0 Å². The average Bonchev–Trinajstić information content (AvgIpc) is 3.64. The van der Waals surface area contributed by atoms with Gasteiger partial charge in [-0.05, 0) is 47.5 Å². The third-order valence-electron chi connectivity index (χ3n) is 8.20. The van der Waals surface area contributed by atoms with E-state index in [1.54, 1.807) is 38.5 Å². The maximum atomic E-state index is 13.6. The van der Waals surface area contributed by atoms with Gasteiger partial charge in [-0.15, -0.1) is 0 Å². The van der Waals surface area contributed by atoms with E-state index in [0.29, 0.717) is 52.0 Å². The molecule has 4 aromatic carbocycles. The molecule has 0 aliphatic carbocycles. The van der Waals surface area contributed by atoms with E-state index in [4.69, 9.17) is 28.4 Å². The molecule has 8 heteroatoms. The first-order valence-corrected chi connectivity index (χ1v) is 14.5. The van der Waals surface area contributed by atoms with Crippen LogP contribution >= 0.6 is 0 Å². The third-order valence-corrected chi connectivity index (χ3v) is 8.20. The smallest absolute Gasteiger partial charge is 0.312 e. The molecule has 0 N–H and O–H groups in total. The second-order valence-corrected chi connectivity index (χ2v) is 10.8. The molecule has 0 fully saturated rings. The fourth-order valence-corrected chi connectivity index (χ4v) is 6.11. The summed E-state index contributed by atoms with van der Waals surface area (Å²) in [6.07, 6.45) is 3.36. The number of rotatable bonds is 8. The minimum absolute atomic E-state index is 0.0783. The lowest BCUT2D eigenvalue weighted by atomic mass is 9.84. The molecule has 7 rings (SSSR count). The van der Waals surface area contributed by atoms with Gasteiger partial charge in [0.2, 0.25) is 5.78 Å². The molecule has 0 saturated carbocycles. The highest BCUT2D eigenvalue weighted by Gasteiger charge is 2.39. The first-order chi connectivity index (χ1) is 21.5. The quantitative estimate of drug-likeness (QED) is 0.134. The van der Waals surface area contributed by atoms with Crippen LogP contribution in [0.25, 0.3) is 6.08 Å². The number of carbonyl (C=O) groups excluding carboxylic acids is 2. The Morgan fingerprint density at radius 1 is 0.886 bits per heavy atom. The van der Waals surface area contributed by atoms with Crippen molar-refractivity contribution >= 4 is 17.8 Å². The Balaban J connectivity index is 1.20. The Kier molecular flexibility index (Phi) is 7.18. The van der Waals surface area contributed by atoms with Crippen LogP contribution in [0, 0.1) is 0 Å². The van der Waals surface area contributed by atoms with Gasteiger partial charge >= 0.3 is 5.97 Å². The van der Waals surface area contributed by atoms with Crippen LogP contribution in [0.3, 0.4) is 0 Å². The van der Waals surface area contributed by atoms with Gasteiger partial charge in [-0.25, -0.2) is 0 Å². The van der Waals surface area contributed by atoms with Crippen LogP contribution in [-0.4, -0.2) is 39.2 Å². The largest absolute Gasteiger partial charge is 0.493 e. The van der Waals surface area contributed by atoms with Crippen molar-refractivity contribution in [3.8, 4) is 34.5 Å². The second-order valence-electron chi connectivity index (χ2n) is 10.8. The van der Waals surface area contributed by atoms with Crippen LogP contribution in [0.15, 0.2) is 78.6 Å². The van der Waals surface area contributed by atoms with Crippen molar-refractivity contribution in [1.82, 2.24) is 0 Å². The summed E-state index contributed by atoms with van der Waals surface area (Å²) in [5, 5.41) is 0. The Hall–Kier alpha value is -5.24. The molecule has 1 atom stereocenters. The van der Waals surface area contributed by atoms with Crippen LogP contribution in [-0.2, 0) is 17.6 Å². The molecule has 3 heterocycles. The van der Waals surface area contributed by atoms with Crippen molar-refractivity contribution in [2.75, 3.05) is 27.4 Å². The van der Waals surface area contributed by atoms with Crippen LogP contribution in [0.5, 0.6) is 34.5 Å². The highest BCUT2D eigenvalue weighted by molar-refractivity contribution is 6.15. The van der Waals surface area contributed by atoms with E-state index < -0.39 is 5.92 Å². The number of allylic oxidation sites excluding steroid dienone is 1. The number of hydrogen-bond donors (Lipinski definition) is 0. The summed E-state index contributed by atoms with van der Waals surface area (Å²) in [5.41, 5.74) is 4.90. The summed E-state index contributed by atoms with van der Waals surface area (Å²) >= 11 is 0. The highest BCUT2D eigenvalue weighted by Crippen LogP contribution is 2.50. The summed E-state index contributed by atoms with van der Waals surface area (Å²) < 4.78 is 34.8. The molecular formula is C36H30O8. The zero-order valence-electron chi connectivity index (χ0n) is 24.4. The van der Waals surface area contributed by atoms with Gasteiger partial charge in [0.1, 0.15) is 23.0 Å². The molecule has 222 valence electrons. The normalized spacial score (nSPS) is 17.2. The fourth-order valence-electron chi connectivity index (χ4n) is 6.11. The Morgan fingerprint density at radius 2 is 1.73 bits per heavy atom. The minimum Gasteiger partial charge on any atom is -0.493 e. The standard InChI is InChI=1S/C36H30O8/c1-39-30-9-5-6-23(35(30)40-2)19-31-34(38)25-11-13-29-33(36(25)44-31)26(20-32(37)43-29)24-7-3-4-8-28(24)42-16-14-21-10-12-27-22(18-21)15-17-41-27/h3-13,18-19,26H,14-17,20H2,1-2H3. The number of fused-ring (bicyclic) bond motifs is 4. The number of ketones is 1. The van der Waals surface area contributed by atoms with Gasteiger partial charge < -0.3 is 28.4 Å². The van der Waals surface area contributed by atoms with Gasteiger partial charge in [0.25, 0.3) is 0 Å². The lowest BCUT2D eigenvalue weighted by molar-refractivity contribution is -0.135. The number of esters is 1. The number of benzene rings is 4. The van der Waals surface area contributed by atoms with Gasteiger partial charge in [0.15, 0.2) is 17.3 Å². The fraction of sp³-hybridized carbons (Fsp3) is 0.222. The zero-order valence-corrected chi connectivity index (χ0v) is 24.4. The predicted molar refractivity (Wildman–Crippen MR) is 162 cm³/mol. The van der Waals surface area contributed by atoms with E-state index in [9.17, 15) is 9.59 Å². The lowest BCUT2D eigenvalue weighted by Crippen LogP contribution is -2.22. The molecule has 3 aliphatic rings. The van der Waals surface area contributed by atoms with E-state index >= 15 is 0 Å². The van der Waals surface area contributed by atoms with E-state index in [2.05, 4.69) is 12.1 Å². The Labute approximate surface area is 254 Å². The molecule has 4 aromatic rings. The number of para-hydroxylation sites is 2. The SMILES string of the molecule is COc1cccc(C=C2Oc3c(ccc4c3C(c3ccccc3OCCc3ccc5c(c3)CCO5)CC(=O)O4)C2=O)c1OC. The van der Waals surface area contributed by atoms with Crippen LogP contribution in [0.1, 0.15) is 50.5 Å².